The van der Waals surface area contributed by atoms with Crippen molar-refractivity contribution in [1.29, 1.82) is 0 Å². The van der Waals surface area contributed by atoms with E-state index in [0.717, 1.165) is 0 Å². The van der Waals surface area contributed by atoms with Gasteiger partial charge >= 0.3 is 5.97 Å². The molecule has 2 fully saturated rings. The lowest BCUT2D eigenvalue weighted by molar-refractivity contribution is -0.162. The molecule has 0 bridgehead atoms. The first-order chi connectivity index (χ1) is 6.41. The van der Waals surface area contributed by atoms with E-state index in [2.05, 4.69) is 5.32 Å². The molecule has 0 unspecified atom stereocenters. The largest absolute Gasteiger partial charge is 0.480 e. The van der Waals surface area contributed by atoms with E-state index in [1.165, 1.54) is 0 Å². The lowest BCUT2D eigenvalue weighted by Crippen LogP contribution is -2.42. The number of hydrogen-bond acceptors (Lipinski definition) is 4. The van der Waals surface area contributed by atoms with Crippen molar-refractivity contribution < 1.29 is 19.4 Å². The average molecular weight is 201 g/mol. The van der Waals surface area contributed by atoms with E-state index in [4.69, 9.17) is 14.6 Å². The van der Waals surface area contributed by atoms with E-state index in [-0.39, 0.29) is 18.2 Å². The van der Waals surface area contributed by atoms with E-state index in [1.807, 2.05) is 6.92 Å². The van der Waals surface area contributed by atoms with Crippen LogP contribution in [0.25, 0.3) is 0 Å². The van der Waals surface area contributed by atoms with Gasteiger partial charge in [-0.25, -0.2) is 0 Å². The van der Waals surface area contributed by atoms with Gasteiger partial charge < -0.3 is 14.6 Å². The van der Waals surface area contributed by atoms with Crippen molar-refractivity contribution >= 4 is 5.97 Å². The molecule has 0 aromatic heterocycles. The van der Waals surface area contributed by atoms with Gasteiger partial charge in [-0.2, -0.15) is 0 Å². The Kier molecular flexibility index (Phi) is 2.06. The average Bonchev–Trinajstić information content (AvgIpc) is 2.47. The number of aliphatic carboxylic acids is 1. The molecule has 0 aromatic rings. The fourth-order valence-corrected chi connectivity index (χ4v) is 2.15. The van der Waals surface area contributed by atoms with Gasteiger partial charge in [0.1, 0.15) is 18.2 Å². The third kappa shape index (κ3) is 1.41. The fraction of sp³-hybridized carbons (Fsp3) is 0.889. The molecule has 14 heavy (non-hydrogen) atoms. The summed E-state index contributed by atoms with van der Waals surface area (Å²) in [6, 6.07) is -0.639. The van der Waals surface area contributed by atoms with Crippen molar-refractivity contribution in [2.75, 3.05) is 0 Å². The van der Waals surface area contributed by atoms with Gasteiger partial charge in [0.15, 0.2) is 5.79 Å². The molecule has 0 aromatic carbocycles. The smallest absolute Gasteiger partial charge is 0.323 e. The van der Waals surface area contributed by atoms with Crippen LogP contribution in [0.3, 0.4) is 0 Å². The molecular formula is C9H15NO4. The summed E-state index contributed by atoms with van der Waals surface area (Å²) in [5.41, 5.74) is 0. The lowest BCUT2D eigenvalue weighted by atomic mass is 10.1. The zero-order chi connectivity index (χ0) is 10.5. The maximum Gasteiger partial charge on any atom is 0.323 e. The molecule has 5 nitrogen and oxygen atoms in total. The quantitative estimate of drug-likeness (QED) is 0.622. The molecule has 2 saturated heterocycles. The second kappa shape index (κ2) is 2.92. The first kappa shape index (κ1) is 9.89. The summed E-state index contributed by atoms with van der Waals surface area (Å²) < 4.78 is 11.2. The standard InChI is InChI=1S/C9H15NO4/c1-4-6-7(5(10-4)8(11)12)14-9(2,3)13-6/h4-7,10H,1-3H3,(H,11,12)/t4-,5-,6-,7+/m1/s1. The number of carbonyl (C=O) groups is 1. The lowest BCUT2D eigenvalue weighted by Gasteiger charge is -2.21. The second-order valence-corrected chi connectivity index (χ2v) is 4.34. The highest BCUT2D eigenvalue weighted by molar-refractivity contribution is 5.75. The Labute approximate surface area is 82.4 Å². The van der Waals surface area contributed by atoms with Crippen LogP contribution in [-0.4, -0.2) is 41.2 Å². The second-order valence-electron chi connectivity index (χ2n) is 4.34. The summed E-state index contributed by atoms with van der Waals surface area (Å²) in [6.07, 6.45) is -0.538. The van der Waals surface area contributed by atoms with Crippen LogP contribution in [0.2, 0.25) is 0 Å². The van der Waals surface area contributed by atoms with Crippen LogP contribution in [0.5, 0.6) is 0 Å². The highest BCUT2D eigenvalue weighted by Gasteiger charge is 2.54. The van der Waals surface area contributed by atoms with Crippen LogP contribution in [0.4, 0.5) is 0 Å². The highest BCUT2D eigenvalue weighted by Crippen LogP contribution is 2.35. The Morgan fingerprint density at radius 3 is 2.50 bits per heavy atom. The number of carboxylic acids is 1. The van der Waals surface area contributed by atoms with Crippen LogP contribution >= 0.6 is 0 Å². The van der Waals surface area contributed by atoms with Crippen molar-refractivity contribution in [3.63, 3.8) is 0 Å². The van der Waals surface area contributed by atoms with Crippen LogP contribution in [-0.2, 0) is 14.3 Å². The van der Waals surface area contributed by atoms with Gasteiger partial charge in [0, 0.05) is 6.04 Å². The third-order valence-corrected chi connectivity index (χ3v) is 2.69. The fourth-order valence-electron chi connectivity index (χ4n) is 2.15. The molecule has 2 aliphatic rings. The maximum atomic E-state index is 10.9. The van der Waals surface area contributed by atoms with E-state index in [0.29, 0.717) is 0 Å². The Morgan fingerprint density at radius 2 is 1.93 bits per heavy atom. The molecule has 0 saturated carbocycles. The van der Waals surface area contributed by atoms with E-state index >= 15 is 0 Å². The minimum absolute atomic E-state index is 0.0166. The zero-order valence-electron chi connectivity index (χ0n) is 8.48. The van der Waals surface area contributed by atoms with Gasteiger partial charge in [0.05, 0.1) is 0 Å². The number of rotatable bonds is 1. The number of ether oxygens (including phenoxy) is 2. The van der Waals surface area contributed by atoms with Gasteiger partial charge in [0.25, 0.3) is 0 Å². The van der Waals surface area contributed by atoms with Crippen molar-refractivity contribution in [3.05, 3.63) is 0 Å². The number of carboxylic acid groups (broad SMARTS) is 1. The molecule has 0 spiro atoms. The summed E-state index contributed by atoms with van der Waals surface area (Å²) in [6.45, 7) is 5.51. The summed E-state index contributed by atoms with van der Waals surface area (Å²) in [5.74, 6) is -1.55. The first-order valence-electron chi connectivity index (χ1n) is 4.75. The summed E-state index contributed by atoms with van der Waals surface area (Å²) in [5, 5.41) is 11.9. The van der Waals surface area contributed by atoms with Crippen molar-refractivity contribution in [2.24, 2.45) is 0 Å². The van der Waals surface area contributed by atoms with E-state index < -0.39 is 17.8 Å². The van der Waals surface area contributed by atoms with Crippen molar-refractivity contribution in [1.82, 2.24) is 5.32 Å². The molecule has 5 heteroatoms. The van der Waals surface area contributed by atoms with Crippen molar-refractivity contribution in [3.8, 4) is 0 Å². The molecule has 2 aliphatic heterocycles. The molecular weight excluding hydrogens is 186 g/mol. The van der Waals surface area contributed by atoms with E-state index in [1.54, 1.807) is 13.8 Å². The molecule has 0 amide bonds. The summed E-state index contributed by atoms with van der Waals surface area (Å²) in [7, 11) is 0. The minimum Gasteiger partial charge on any atom is -0.480 e. The number of hydrogen-bond donors (Lipinski definition) is 2. The summed E-state index contributed by atoms with van der Waals surface area (Å²) in [4.78, 5) is 10.9. The van der Waals surface area contributed by atoms with Gasteiger partial charge in [-0.1, -0.05) is 0 Å². The molecule has 2 N–H and O–H groups in total. The van der Waals surface area contributed by atoms with Crippen LogP contribution in [0.1, 0.15) is 20.8 Å². The predicted octanol–water partition coefficient (Wildman–Crippen LogP) is -0.0486. The Hall–Kier alpha value is -0.650. The molecule has 0 radical (unpaired) electrons. The SMILES string of the molecule is C[C@H]1N[C@@H](C(=O)O)[C@@H]2OC(C)(C)O[C@@H]21. The Balaban J connectivity index is 2.19. The van der Waals surface area contributed by atoms with Gasteiger partial charge in [-0.15, -0.1) is 0 Å². The van der Waals surface area contributed by atoms with Crippen LogP contribution < -0.4 is 5.32 Å². The molecule has 0 aliphatic carbocycles. The maximum absolute atomic E-state index is 10.9. The van der Waals surface area contributed by atoms with E-state index in [9.17, 15) is 4.79 Å². The Morgan fingerprint density at radius 1 is 1.36 bits per heavy atom. The molecule has 2 heterocycles. The van der Waals surface area contributed by atoms with Crippen LogP contribution in [0, 0.1) is 0 Å². The van der Waals surface area contributed by atoms with Crippen molar-refractivity contribution in [2.45, 2.75) is 50.8 Å². The Bertz CT molecular complexity index is 266. The normalized spacial score (nSPS) is 45.1. The molecule has 4 atom stereocenters. The van der Waals surface area contributed by atoms with Gasteiger partial charge in [-0.3, -0.25) is 10.1 Å². The third-order valence-electron chi connectivity index (χ3n) is 2.69. The van der Waals surface area contributed by atoms with Gasteiger partial charge in [0.2, 0.25) is 0 Å². The molecule has 80 valence electrons. The minimum atomic E-state index is -0.884. The number of nitrogens with one attached hydrogen (secondary N) is 1. The first-order valence-corrected chi connectivity index (χ1v) is 4.75. The monoisotopic (exact) mass is 201 g/mol. The zero-order valence-corrected chi connectivity index (χ0v) is 8.48. The van der Waals surface area contributed by atoms with Gasteiger partial charge in [-0.05, 0) is 20.8 Å². The highest BCUT2D eigenvalue weighted by atomic mass is 16.8. The topological polar surface area (TPSA) is 67.8 Å². The number of fused-ring (bicyclic) bond motifs is 1. The summed E-state index contributed by atoms with van der Waals surface area (Å²) >= 11 is 0. The molecule has 2 rings (SSSR count). The predicted molar refractivity (Wildman–Crippen MR) is 47.8 cm³/mol. The van der Waals surface area contributed by atoms with Crippen LogP contribution in [0.15, 0.2) is 0 Å².